The van der Waals surface area contributed by atoms with Crippen LogP contribution in [0.1, 0.15) is 24.5 Å². The lowest BCUT2D eigenvalue weighted by Gasteiger charge is -2.02. The summed E-state index contributed by atoms with van der Waals surface area (Å²) in [6, 6.07) is 18.4. The smallest absolute Gasteiger partial charge is 0.149 e. The van der Waals surface area contributed by atoms with Crippen molar-refractivity contribution < 1.29 is 4.52 Å². The van der Waals surface area contributed by atoms with E-state index in [9.17, 15) is 0 Å². The van der Waals surface area contributed by atoms with Gasteiger partial charge in [0.2, 0.25) is 0 Å². The Hall–Kier alpha value is -3.60. The van der Waals surface area contributed by atoms with E-state index in [-0.39, 0.29) is 0 Å². The standard InChI is InChI=1S/C23H18N4O/c1-2-6-16(7-3-1)22-21(23(28-25-22)17-8-9-17)19-15-27-14-18(10-11-20(27)24-19)26-12-4-5-13-26/h1-7,10-15,17H,8-9H2. The fourth-order valence-corrected chi connectivity index (χ4v) is 3.73. The normalized spacial score (nSPS) is 14.0. The van der Waals surface area contributed by atoms with Crippen LogP contribution in [0.25, 0.3) is 33.8 Å². The SMILES string of the molecule is c1ccc(-c2noc(C3CC3)c2-c2cn3cc(-n4cccc4)ccc3n2)cc1. The van der Waals surface area contributed by atoms with Gasteiger partial charge in [0, 0.05) is 36.3 Å². The lowest BCUT2D eigenvalue weighted by Crippen LogP contribution is -1.92. The zero-order valence-corrected chi connectivity index (χ0v) is 15.2. The van der Waals surface area contributed by atoms with E-state index in [4.69, 9.17) is 9.51 Å². The zero-order chi connectivity index (χ0) is 18.5. The minimum Gasteiger partial charge on any atom is -0.360 e. The third-order valence-electron chi connectivity index (χ3n) is 5.31. The highest BCUT2D eigenvalue weighted by Gasteiger charge is 2.34. The second-order valence-corrected chi connectivity index (χ2v) is 7.28. The molecule has 4 aromatic heterocycles. The Morgan fingerprint density at radius 1 is 0.893 bits per heavy atom. The van der Waals surface area contributed by atoms with Crippen LogP contribution < -0.4 is 0 Å². The highest BCUT2D eigenvalue weighted by molar-refractivity contribution is 5.81. The van der Waals surface area contributed by atoms with Gasteiger partial charge in [-0.25, -0.2) is 4.98 Å². The van der Waals surface area contributed by atoms with Gasteiger partial charge in [-0.05, 0) is 37.1 Å². The van der Waals surface area contributed by atoms with Crippen LogP contribution in [0.2, 0.25) is 0 Å². The number of benzene rings is 1. The Kier molecular flexibility index (Phi) is 3.29. The van der Waals surface area contributed by atoms with Crippen molar-refractivity contribution in [3.8, 4) is 28.2 Å². The highest BCUT2D eigenvalue weighted by atomic mass is 16.5. The molecule has 0 saturated heterocycles. The number of pyridine rings is 1. The van der Waals surface area contributed by atoms with Gasteiger partial charge in [0.15, 0.2) is 0 Å². The second kappa shape index (κ2) is 5.96. The number of aromatic nitrogens is 4. The first-order valence-electron chi connectivity index (χ1n) is 9.54. The molecule has 1 fully saturated rings. The van der Waals surface area contributed by atoms with Gasteiger partial charge in [0.1, 0.15) is 17.1 Å². The second-order valence-electron chi connectivity index (χ2n) is 7.28. The van der Waals surface area contributed by atoms with E-state index >= 15 is 0 Å². The Bertz CT molecular complexity index is 1260. The average molecular weight is 366 g/mol. The van der Waals surface area contributed by atoms with Gasteiger partial charge in [0.05, 0.1) is 16.9 Å². The molecule has 5 heteroatoms. The molecule has 0 spiro atoms. The predicted octanol–water partition coefficient (Wildman–Crippen LogP) is 5.32. The molecule has 0 radical (unpaired) electrons. The molecule has 0 N–H and O–H groups in total. The number of rotatable bonds is 4. The predicted molar refractivity (Wildman–Crippen MR) is 107 cm³/mol. The van der Waals surface area contributed by atoms with Crippen LogP contribution in [0.5, 0.6) is 0 Å². The number of hydrogen-bond donors (Lipinski definition) is 0. The Labute approximate surface area is 161 Å². The van der Waals surface area contributed by atoms with Gasteiger partial charge in [0.25, 0.3) is 0 Å². The summed E-state index contributed by atoms with van der Waals surface area (Å²) in [6.45, 7) is 0. The fraction of sp³-hybridized carbons (Fsp3) is 0.130. The van der Waals surface area contributed by atoms with E-state index in [1.54, 1.807) is 0 Å². The number of imidazole rings is 1. The minimum atomic E-state index is 0.459. The third kappa shape index (κ3) is 2.47. The lowest BCUT2D eigenvalue weighted by atomic mass is 10.0. The molecular formula is C23H18N4O. The molecule has 4 heterocycles. The van der Waals surface area contributed by atoms with Gasteiger partial charge in [-0.15, -0.1) is 0 Å². The van der Waals surface area contributed by atoms with Crippen molar-refractivity contribution in [3.05, 3.63) is 85.1 Å². The number of fused-ring (bicyclic) bond motifs is 1. The van der Waals surface area contributed by atoms with Crippen molar-refractivity contribution in [2.75, 3.05) is 0 Å². The minimum absolute atomic E-state index is 0.459. The number of nitrogens with zero attached hydrogens (tertiary/aromatic N) is 4. The topological polar surface area (TPSA) is 48.3 Å². The molecule has 1 aliphatic carbocycles. The quantitative estimate of drug-likeness (QED) is 0.432. The van der Waals surface area contributed by atoms with E-state index in [0.717, 1.165) is 52.5 Å². The van der Waals surface area contributed by atoms with Crippen LogP contribution in [0.3, 0.4) is 0 Å². The maximum atomic E-state index is 5.80. The van der Waals surface area contributed by atoms with E-state index in [1.807, 2.05) is 48.8 Å². The molecule has 5 nitrogen and oxygen atoms in total. The summed E-state index contributed by atoms with van der Waals surface area (Å²) in [6.07, 6.45) is 10.6. The molecule has 0 aliphatic heterocycles. The average Bonchev–Trinajstić information content (AvgIpc) is 3.15. The molecule has 0 atom stereocenters. The van der Waals surface area contributed by atoms with Crippen molar-refractivity contribution in [1.82, 2.24) is 19.1 Å². The van der Waals surface area contributed by atoms with Gasteiger partial charge in [-0.1, -0.05) is 35.5 Å². The van der Waals surface area contributed by atoms with E-state index in [1.165, 1.54) is 0 Å². The van der Waals surface area contributed by atoms with Crippen LogP contribution in [0.4, 0.5) is 0 Å². The molecule has 0 bridgehead atoms. The Morgan fingerprint density at radius 3 is 2.50 bits per heavy atom. The van der Waals surface area contributed by atoms with Gasteiger partial charge in [-0.3, -0.25) is 0 Å². The lowest BCUT2D eigenvalue weighted by molar-refractivity contribution is 0.387. The summed E-state index contributed by atoms with van der Waals surface area (Å²) in [5.74, 6) is 1.42. The molecule has 136 valence electrons. The summed E-state index contributed by atoms with van der Waals surface area (Å²) in [5, 5.41) is 4.42. The summed E-state index contributed by atoms with van der Waals surface area (Å²) < 4.78 is 9.96. The number of hydrogen-bond acceptors (Lipinski definition) is 3. The van der Waals surface area contributed by atoms with Crippen molar-refractivity contribution in [1.29, 1.82) is 0 Å². The van der Waals surface area contributed by atoms with Crippen LogP contribution in [0, 0.1) is 0 Å². The van der Waals surface area contributed by atoms with Crippen molar-refractivity contribution >= 4 is 5.65 Å². The van der Waals surface area contributed by atoms with E-state index < -0.39 is 0 Å². The summed E-state index contributed by atoms with van der Waals surface area (Å²) in [5.41, 5.74) is 5.87. The fourth-order valence-electron chi connectivity index (χ4n) is 3.73. The van der Waals surface area contributed by atoms with E-state index in [2.05, 4.69) is 44.7 Å². The molecule has 1 saturated carbocycles. The van der Waals surface area contributed by atoms with Crippen molar-refractivity contribution in [2.24, 2.45) is 0 Å². The van der Waals surface area contributed by atoms with E-state index in [0.29, 0.717) is 5.92 Å². The molecule has 1 aliphatic rings. The summed E-state index contributed by atoms with van der Waals surface area (Å²) in [7, 11) is 0. The molecular weight excluding hydrogens is 348 g/mol. The first-order valence-corrected chi connectivity index (χ1v) is 9.54. The maximum absolute atomic E-state index is 5.80. The maximum Gasteiger partial charge on any atom is 0.149 e. The van der Waals surface area contributed by atoms with Gasteiger partial charge in [-0.2, -0.15) is 0 Å². The first kappa shape index (κ1) is 15.5. The van der Waals surface area contributed by atoms with Crippen molar-refractivity contribution in [3.63, 3.8) is 0 Å². The van der Waals surface area contributed by atoms with Crippen LogP contribution in [0.15, 0.2) is 83.9 Å². The summed E-state index contributed by atoms with van der Waals surface area (Å²) in [4.78, 5) is 4.89. The van der Waals surface area contributed by atoms with Crippen molar-refractivity contribution in [2.45, 2.75) is 18.8 Å². The first-order chi connectivity index (χ1) is 13.9. The molecule has 0 amide bonds. The monoisotopic (exact) mass is 366 g/mol. The van der Waals surface area contributed by atoms with Crippen LogP contribution in [-0.4, -0.2) is 19.1 Å². The molecule has 1 aromatic carbocycles. The molecule has 6 rings (SSSR count). The largest absolute Gasteiger partial charge is 0.360 e. The highest BCUT2D eigenvalue weighted by Crippen LogP contribution is 2.47. The molecule has 28 heavy (non-hydrogen) atoms. The summed E-state index contributed by atoms with van der Waals surface area (Å²) >= 11 is 0. The van der Waals surface area contributed by atoms with Crippen LogP contribution in [-0.2, 0) is 0 Å². The van der Waals surface area contributed by atoms with Crippen LogP contribution >= 0.6 is 0 Å². The van der Waals surface area contributed by atoms with Gasteiger partial charge >= 0.3 is 0 Å². The molecule has 5 aromatic rings. The third-order valence-corrected chi connectivity index (χ3v) is 5.31. The Morgan fingerprint density at radius 2 is 1.71 bits per heavy atom. The molecule has 0 unspecified atom stereocenters. The zero-order valence-electron chi connectivity index (χ0n) is 15.2. The van der Waals surface area contributed by atoms with Gasteiger partial charge < -0.3 is 13.5 Å². The Balaban J connectivity index is 1.52.